The molecule has 0 atom stereocenters. The number of carbonyl (C=O) groups excluding carboxylic acids is 1. The van der Waals surface area contributed by atoms with Gasteiger partial charge in [-0.05, 0) is 79.2 Å². The molecule has 0 bridgehead atoms. The highest BCUT2D eigenvalue weighted by Gasteiger charge is 2.15. The Hall–Kier alpha value is -3.21. The number of nitrogens with one attached hydrogen (secondary N) is 3. The van der Waals surface area contributed by atoms with Crippen molar-refractivity contribution in [1.29, 1.82) is 0 Å². The molecule has 2 aromatic carbocycles. The maximum Gasteiger partial charge on any atom is 0.257 e. The Labute approximate surface area is 204 Å². The van der Waals surface area contributed by atoms with Gasteiger partial charge in [0.15, 0.2) is 5.11 Å². The Kier molecular flexibility index (Phi) is 8.80. The average molecular weight is 502 g/mol. The molecule has 0 aliphatic rings. The molecule has 3 rings (SSSR count). The minimum absolute atomic E-state index is 0.0510. The minimum Gasteiger partial charge on any atom is -0.494 e. The van der Waals surface area contributed by atoms with Crippen LogP contribution in [-0.4, -0.2) is 26.0 Å². The fourth-order valence-corrected chi connectivity index (χ4v) is 4.06. The van der Waals surface area contributed by atoms with Crippen molar-refractivity contribution in [2.45, 2.75) is 31.7 Å². The van der Waals surface area contributed by atoms with Crippen LogP contribution < -0.4 is 20.1 Å². The molecule has 1 heterocycles. The van der Waals surface area contributed by atoms with Crippen LogP contribution in [0.4, 0.5) is 5.69 Å². The second kappa shape index (κ2) is 11.8. The predicted molar refractivity (Wildman–Crippen MR) is 134 cm³/mol. The zero-order chi connectivity index (χ0) is 24.6. The monoisotopic (exact) mass is 501 g/mol. The van der Waals surface area contributed by atoms with Gasteiger partial charge in [0.25, 0.3) is 5.91 Å². The van der Waals surface area contributed by atoms with Crippen LogP contribution in [0.3, 0.4) is 0 Å². The van der Waals surface area contributed by atoms with E-state index in [2.05, 4.69) is 29.2 Å². The second-order valence-corrected chi connectivity index (χ2v) is 10.1. The molecule has 180 valence electrons. The summed E-state index contributed by atoms with van der Waals surface area (Å²) in [6.07, 6.45) is 2.40. The average Bonchev–Trinajstić information content (AvgIpc) is 3.32. The lowest BCUT2D eigenvalue weighted by atomic mass is 10.1. The molecular weight excluding hydrogens is 474 g/mol. The molecule has 34 heavy (non-hydrogen) atoms. The lowest BCUT2D eigenvalue weighted by molar-refractivity contribution is 0.0977. The van der Waals surface area contributed by atoms with E-state index in [0.717, 1.165) is 6.42 Å². The Morgan fingerprint density at radius 3 is 2.53 bits per heavy atom. The molecule has 0 radical (unpaired) electrons. The largest absolute Gasteiger partial charge is 0.494 e. The third kappa shape index (κ3) is 7.68. The van der Waals surface area contributed by atoms with E-state index >= 15 is 0 Å². The van der Waals surface area contributed by atoms with Crippen LogP contribution >= 0.6 is 12.2 Å². The van der Waals surface area contributed by atoms with Gasteiger partial charge < -0.3 is 14.5 Å². The topological polar surface area (TPSA) is 110 Å². The molecule has 0 fully saturated rings. The van der Waals surface area contributed by atoms with Crippen molar-refractivity contribution in [3.8, 4) is 5.75 Å². The number of sulfonamides is 1. The minimum atomic E-state index is -3.70. The third-order valence-electron chi connectivity index (χ3n) is 4.73. The van der Waals surface area contributed by atoms with Crippen LogP contribution in [0.1, 0.15) is 36.4 Å². The molecule has 0 unspecified atom stereocenters. The number of ether oxygens (including phenoxy) is 1. The van der Waals surface area contributed by atoms with Gasteiger partial charge in [0.1, 0.15) is 11.5 Å². The fourth-order valence-electron chi connectivity index (χ4n) is 2.86. The van der Waals surface area contributed by atoms with Gasteiger partial charge in [-0.3, -0.25) is 10.1 Å². The zero-order valence-corrected chi connectivity index (χ0v) is 20.5. The van der Waals surface area contributed by atoms with Gasteiger partial charge in [0.05, 0.1) is 24.3 Å². The van der Waals surface area contributed by atoms with E-state index in [1.54, 1.807) is 48.5 Å². The van der Waals surface area contributed by atoms with Gasteiger partial charge in [-0.15, -0.1) is 0 Å². The fraction of sp³-hybridized carbons (Fsp3) is 0.250. The first-order chi connectivity index (χ1) is 16.2. The van der Waals surface area contributed by atoms with Gasteiger partial charge in [-0.2, -0.15) is 0 Å². The number of thiocarbonyl (C=S) groups is 1. The Morgan fingerprint density at radius 1 is 1.09 bits per heavy atom. The number of amides is 1. The van der Waals surface area contributed by atoms with Crippen LogP contribution in [0, 0.1) is 5.92 Å². The summed E-state index contributed by atoms with van der Waals surface area (Å²) >= 11 is 5.22. The van der Waals surface area contributed by atoms with Crippen LogP contribution in [0.5, 0.6) is 5.75 Å². The standard InChI is InChI=1S/C24H27N3O5S2/c1-17(2)12-14-32-20-6-3-5-18(15-20)23(28)27-24(33)26-19-8-10-22(11-9-19)34(29,30)25-16-21-7-4-13-31-21/h3-11,13,15,17,25H,12,14,16H2,1-2H3,(H2,26,27,28,33). The van der Waals surface area contributed by atoms with Gasteiger partial charge in [0, 0.05) is 11.3 Å². The summed E-state index contributed by atoms with van der Waals surface area (Å²) < 4.78 is 38.1. The first kappa shape index (κ1) is 25.4. The Morgan fingerprint density at radius 2 is 1.85 bits per heavy atom. The number of rotatable bonds is 10. The molecule has 0 aliphatic carbocycles. The van der Waals surface area contributed by atoms with Crippen molar-refractivity contribution in [2.24, 2.45) is 5.92 Å². The van der Waals surface area contributed by atoms with Crippen molar-refractivity contribution in [2.75, 3.05) is 11.9 Å². The summed E-state index contributed by atoms with van der Waals surface area (Å²) in [5, 5.41) is 5.57. The van der Waals surface area contributed by atoms with Crippen molar-refractivity contribution >= 4 is 38.9 Å². The highest BCUT2D eigenvalue weighted by molar-refractivity contribution is 7.89. The molecule has 1 amide bonds. The van der Waals surface area contributed by atoms with Gasteiger partial charge in [-0.1, -0.05) is 19.9 Å². The quantitative estimate of drug-likeness (QED) is 0.355. The van der Waals surface area contributed by atoms with E-state index in [4.69, 9.17) is 21.4 Å². The van der Waals surface area contributed by atoms with Crippen LogP contribution in [0.15, 0.2) is 76.2 Å². The highest BCUT2D eigenvalue weighted by Crippen LogP contribution is 2.16. The number of anilines is 1. The molecule has 10 heteroatoms. The second-order valence-electron chi connectivity index (χ2n) is 7.90. The zero-order valence-electron chi connectivity index (χ0n) is 18.9. The summed E-state index contributed by atoms with van der Waals surface area (Å²) in [5.41, 5.74) is 0.941. The van der Waals surface area contributed by atoms with E-state index in [-0.39, 0.29) is 22.5 Å². The molecule has 0 saturated carbocycles. The number of furan rings is 1. The van der Waals surface area contributed by atoms with Crippen molar-refractivity contribution in [1.82, 2.24) is 10.0 Å². The lowest BCUT2D eigenvalue weighted by Crippen LogP contribution is -2.34. The van der Waals surface area contributed by atoms with E-state index in [1.165, 1.54) is 18.4 Å². The summed E-state index contributed by atoms with van der Waals surface area (Å²) in [5.74, 6) is 1.27. The number of hydrogen-bond donors (Lipinski definition) is 3. The maximum absolute atomic E-state index is 12.5. The Bertz CT molecular complexity index is 1210. The number of benzene rings is 2. The maximum atomic E-state index is 12.5. The molecule has 0 saturated heterocycles. The molecule has 8 nitrogen and oxygen atoms in total. The normalized spacial score (nSPS) is 11.3. The van der Waals surface area contributed by atoms with Gasteiger partial charge in [-0.25, -0.2) is 13.1 Å². The number of hydrogen-bond acceptors (Lipinski definition) is 6. The summed E-state index contributed by atoms with van der Waals surface area (Å²) in [6, 6.07) is 16.2. The SMILES string of the molecule is CC(C)CCOc1cccc(C(=O)NC(=S)Nc2ccc(S(=O)(=O)NCc3ccco3)cc2)c1. The van der Waals surface area contributed by atoms with Crippen molar-refractivity contribution in [3.05, 3.63) is 78.3 Å². The lowest BCUT2D eigenvalue weighted by Gasteiger charge is -2.12. The van der Waals surface area contributed by atoms with Crippen LogP contribution in [0.2, 0.25) is 0 Å². The van der Waals surface area contributed by atoms with E-state index < -0.39 is 10.0 Å². The van der Waals surface area contributed by atoms with Gasteiger partial charge >= 0.3 is 0 Å². The van der Waals surface area contributed by atoms with E-state index in [9.17, 15) is 13.2 Å². The molecule has 1 aromatic heterocycles. The molecule has 3 aromatic rings. The molecular formula is C24H27N3O5S2. The smallest absolute Gasteiger partial charge is 0.257 e. The van der Waals surface area contributed by atoms with Crippen molar-refractivity contribution in [3.63, 3.8) is 0 Å². The first-order valence-corrected chi connectivity index (χ1v) is 12.6. The van der Waals surface area contributed by atoms with Crippen LogP contribution in [0.25, 0.3) is 0 Å². The summed E-state index contributed by atoms with van der Waals surface area (Å²) in [7, 11) is -3.70. The molecule has 3 N–H and O–H groups in total. The van der Waals surface area contributed by atoms with Crippen molar-refractivity contribution < 1.29 is 22.4 Å². The van der Waals surface area contributed by atoms with E-state index in [0.29, 0.717) is 35.3 Å². The third-order valence-corrected chi connectivity index (χ3v) is 6.35. The number of carbonyl (C=O) groups is 1. The summed E-state index contributed by atoms with van der Waals surface area (Å²) in [6.45, 7) is 4.86. The predicted octanol–water partition coefficient (Wildman–Crippen LogP) is 4.31. The first-order valence-electron chi connectivity index (χ1n) is 10.7. The molecule has 0 spiro atoms. The van der Waals surface area contributed by atoms with Gasteiger partial charge in [0.2, 0.25) is 10.0 Å². The van der Waals surface area contributed by atoms with Crippen LogP contribution in [-0.2, 0) is 16.6 Å². The highest BCUT2D eigenvalue weighted by atomic mass is 32.2. The van der Waals surface area contributed by atoms with E-state index in [1.807, 2.05) is 0 Å². The molecule has 0 aliphatic heterocycles. The summed E-state index contributed by atoms with van der Waals surface area (Å²) in [4.78, 5) is 12.6. The Balaban J connectivity index is 1.53.